The van der Waals surface area contributed by atoms with Crippen LogP contribution in [-0.4, -0.2) is 0 Å². The van der Waals surface area contributed by atoms with E-state index in [1.807, 2.05) is 0 Å². The Balaban J connectivity index is 2.46. The number of pyridine rings is 1. The predicted octanol–water partition coefficient (Wildman–Crippen LogP) is 2.73. The minimum Gasteiger partial charge on any atom is -0.205 e. The molecule has 1 rings (SSSR count). The zero-order valence-corrected chi connectivity index (χ0v) is 8.79. The Morgan fingerprint density at radius 2 is 2.08 bits per heavy atom. The molecular formula is C12H20N+. The van der Waals surface area contributed by atoms with E-state index in [0.717, 1.165) is 6.42 Å². The maximum absolute atomic E-state index is 2.30. The van der Waals surface area contributed by atoms with Crippen molar-refractivity contribution in [3.63, 3.8) is 0 Å². The summed E-state index contributed by atoms with van der Waals surface area (Å²) in [6.45, 7) is 5.61. The van der Waals surface area contributed by atoms with Gasteiger partial charge in [-0.2, -0.15) is 0 Å². The largest absolute Gasteiger partial charge is 0.205 e. The van der Waals surface area contributed by atoms with E-state index in [4.69, 9.17) is 0 Å². The van der Waals surface area contributed by atoms with Gasteiger partial charge in [0.1, 0.15) is 6.54 Å². The van der Waals surface area contributed by atoms with Crippen molar-refractivity contribution in [2.45, 2.75) is 46.1 Å². The van der Waals surface area contributed by atoms with E-state index in [0.29, 0.717) is 0 Å². The van der Waals surface area contributed by atoms with Crippen LogP contribution in [0.5, 0.6) is 0 Å². The first-order valence-corrected chi connectivity index (χ1v) is 5.34. The summed E-state index contributed by atoms with van der Waals surface area (Å²) >= 11 is 0. The maximum atomic E-state index is 2.30. The highest BCUT2D eigenvalue weighted by molar-refractivity contribution is 5.04. The van der Waals surface area contributed by atoms with Gasteiger partial charge in [-0.05, 0) is 18.9 Å². The van der Waals surface area contributed by atoms with Crippen LogP contribution in [-0.2, 0) is 13.0 Å². The molecule has 72 valence electrons. The molecule has 1 aromatic rings. The van der Waals surface area contributed by atoms with Crippen LogP contribution in [0.3, 0.4) is 0 Å². The highest BCUT2D eigenvalue weighted by Gasteiger charge is 1.99. The Morgan fingerprint density at radius 3 is 2.77 bits per heavy atom. The van der Waals surface area contributed by atoms with Crippen LogP contribution in [0.25, 0.3) is 0 Å². The molecule has 0 aliphatic rings. The van der Waals surface area contributed by atoms with Gasteiger partial charge in [-0.3, -0.25) is 0 Å². The summed E-state index contributed by atoms with van der Waals surface area (Å²) in [7, 11) is 0. The molecule has 0 aliphatic heterocycles. The number of rotatable bonds is 5. The first-order chi connectivity index (χ1) is 6.36. The van der Waals surface area contributed by atoms with Gasteiger partial charge in [0.2, 0.25) is 0 Å². The quantitative estimate of drug-likeness (QED) is 0.482. The zero-order valence-electron chi connectivity index (χ0n) is 8.79. The van der Waals surface area contributed by atoms with E-state index in [9.17, 15) is 0 Å². The van der Waals surface area contributed by atoms with Crippen molar-refractivity contribution in [2.75, 3.05) is 0 Å². The molecule has 0 saturated heterocycles. The number of aromatic nitrogens is 1. The van der Waals surface area contributed by atoms with Gasteiger partial charge in [-0.25, -0.2) is 4.57 Å². The predicted molar refractivity (Wildman–Crippen MR) is 55.5 cm³/mol. The summed E-state index contributed by atoms with van der Waals surface area (Å²) < 4.78 is 2.30. The Bertz CT molecular complexity index is 243. The van der Waals surface area contributed by atoms with Crippen molar-refractivity contribution in [3.8, 4) is 0 Å². The van der Waals surface area contributed by atoms with Crippen LogP contribution in [0.15, 0.2) is 24.5 Å². The minimum absolute atomic E-state index is 1.13. The Hall–Kier alpha value is -0.850. The summed E-state index contributed by atoms with van der Waals surface area (Å²) in [5.74, 6) is 0. The Morgan fingerprint density at radius 1 is 1.23 bits per heavy atom. The highest BCUT2D eigenvalue weighted by atomic mass is 14.9. The molecule has 1 nitrogen and oxygen atoms in total. The lowest BCUT2D eigenvalue weighted by Gasteiger charge is -1.97. The van der Waals surface area contributed by atoms with Crippen LogP contribution < -0.4 is 4.57 Å². The van der Waals surface area contributed by atoms with Gasteiger partial charge in [0.25, 0.3) is 0 Å². The summed E-state index contributed by atoms with van der Waals surface area (Å²) in [5, 5.41) is 0. The molecule has 1 aromatic heterocycles. The highest BCUT2D eigenvalue weighted by Crippen LogP contribution is 1.97. The number of hydrogen-bond donors (Lipinski definition) is 0. The molecule has 0 bridgehead atoms. The van der Waals surface area contributed by atoms with Gasteiger partial charge < -0.3 is 0 Å². The lowest BCUT2D eigenvalue weighted by Crippen LogP contribution is -2.33. The second-order valence-electron chi connectivity index (χ2n) is 3.51. The van der Waals surface area contributed by atoms with Crippen molar-refractivity contribution in [2.24, 2.45) is 0 Å². The lowest BCUT2D eigenvalue weighted by atomic mass is 10.2. The minimum atomic E-state index is 1.13. The molecule has 0 aromatic carbocycles. The molecule has 0 aliphatic carbocycles. The monoisotopic (exact) mass is 178 g/mol. The molecular weight excluding hydrogens is 158 g/mol. The standard InChI is InChI=1S/C12H20N/c1-3-5-6-9-13-10-7-8-12(4-2)11-13/h7-8,10-11H,3-6,9H2,1-2H3/q+1. The topological polar surface area (TPSA) is 3.88 Å². The van der Waals surface area contributed by atoms with Gasteiger partial charge in [0, 0.05) is 18.1 Å². The van der Waals surface area contributed by atoms with Gasteiger partial charge in [-0.1, -0.05) is 20.3 Å². The molecule has 1 heterocycles. The van der Waals surface area contributed by atoms with Crippen molar-refractivity contribution in [3.05, 3.63) is 30.1 Å². The van der Waals surface area contributed by atoms with Crippen LogP contribution in [0.1, 0.15) is 38.7 Å². The third-order valence-electron chi connectivity index (χ3n) is 2.35. The van der Waals surface area contributed by atoms with E-state index < -0.39 is 0 Å². The maximum Gasteiger partial charge on any atom is 0.171 e. The summed E-state index contributed by atoms with van der Waals surface area (Å²) in [4.78, 5) is 0. The van der Waals surface area contributed by atoms with E-state index in [-0.39, 0.29) is 0 Å². The smallest absolute Gasteiger partial charge is 0.171 e. The first-order valence-electron chi connectivity index (χ1n) is 5.34. The van der Waals surface area contributed by atoms with Crippen molar-refractivity contribution < 1.29 is 4.57 Å². The van der Waals surface area contributed by atoms with E-state index >= 15 is 0 Å². The number of aryl methyl sites for hydroxylation is 2. The third-order valence-corrected chi connectivity index (χ3v) is 2.35. The summed E-state index contributed by atoms with van der Waals surface area (Å²) in [6, 6.07) is 4.33. The van der Waals surface area contributed by atoms with E-state index in [2.05, 4.69) is 42.9 Å². The summed E-state index contributed by atoms with van der Waals surface area (Å²) in [5.41, 5.74) is 1.43. The molecule has 1 heteroatoms. The number of unbranched alkanes of at least 4 members (excludes halogenated alkanes) is 2. The fourth-order valence-electron chi connectivity index (χ4n) is 1.47. The van der Waals surface area contributed by atoms with Crippen LogP contribution in [0.2, 0.25) is 0 Å². The summed E-state index contributed by atoms with van der Waals surface area (Å²) in [6.07, 6.45) is 9.49. The Kier molecular flexibility index (Phi) is 4.52. The second kappa shape index (κ2) is 5.74. The molecule has 0 unspecified atom stereocenters. The molecule has 0 spiro atoms. The van der Waals surface area contributed by atoms with Crippen molar-refractivity contribution in [1.82, 2.24) is 0 Å². The second-order valence-corrected chi connectivity index (χ2v) is 3.51. The molecule has 0 N–H and O–H groups in total. The number of nitrogens with zero attached hydrogens (tertiary/aromatic N) is 1. The lowest BCUT2D eigenvalue weighted by molar-refractivity contribution is -0.697. The van der Waals surface area contributed by atoms with Gasteiger partial charge in [-0.15, -0.1) is 0 Å². The van der Waals surface area contributed by atoms with E-state index in [1.54, 1.807) is 0 Å². The fourth-order valence-corrected chi connectivity index (χ4v) is 1.47. The molecule has 0 amide bonds. The van der Waals surface area contributed by atoms with Crippen LogP contribution in [0.4, 0.5) is 0 Å². The van der Waals surface area contributed by atoms with Gasteiger partial charge >= 0.3 is 0 Å². The van der Waals surface area contributed by atoms with Gasteiger partial charge in [0.15, 0.2) is 12.4 Å². The Labute approximate surface area is 81.4 Å². The van der Waals surface area contributed by atoms with Crippen LogP contribution >= 0.6 is 0 Å². The number of hydrogen-bond acceptors (Lipinski definition) is 0. The average Bonchev–Trinajstić information content (AvgIpc) is 2.19. The zero-order chi connectivity index (χ0) is 9.52. The van der Waals surface area contributed by atoms with Crippen molar-refractivity contribution in [1.29, 1.82) is 0 Å². The average molecular weight is 178 g/mol. The van der Waals surface area contributed by atoms with Crippen molar-refractivity contribution >= 4 is 0 Å². The normalized spacial score (nSPS) is 10.3. The van der Waals surface area contributed by atoms with E-state index in [1.165, 1.54) is 31.4 Å². The first kappa shape index (κ1) is 10.2. The molecule has 0 radical (unpaired) electrons. The van der Waals surface area contributed by atoms with Gasteiger partial charge in [0.05, 0.1) is 0 Å². The molecule has 13 heavy (non-hydrogen) atoms. The SMILES string of the molecule is CCCCC[n+]1cccc(CC)c1. The fraction of sp³-hybridized carbons (Fsp3) is 0.583. The molecule has 0 atom stereocenters. The molecule has 0 fully saturated rings. The van der Waals surface area contributed by atoms with Crippen LogP contribution in [0, 0.1) is 0 Å². The third kappa shape index (κ3) is 3.58. The molecule has 0 saturated carbocycles.